The molecule has 0 saturated carbocycles. The fraction of sp³-hybridized carbons (Fsp3) is 0.629. The van der Waals surface area contributed by atoms with E-state index in [1.807, 2.05) is 45.0 Å². The molecule has 2 fully saturated rings. The Bertz CT molecular complexity index is 1510. The molecule has 0 radical (unpaired) electrons. The van der Waals surface area contributed by atoms with Crippen LogP contribution in [-0.2, 0) is 44.0 Å². The van der Waals surface area contributed by atoms with Crippen LogP contribution in [0.5, 0.6) is 5.75 Å². The summed E-state index contributed by atoms with van der Waals surface area (Å²) in [6.45, 7) is 10.4. The van der Waals surface area contributed by atoms with Gasteiger partial charge in [0.25, 0.3) is 0 Å². The third-order valence-electron chi connectivity index (χ3n) is 8.85. The molecule has 1 unspecified atom stereocenters. The number of methoxy groups -OCH3 is 1. The zero-order valence-corrected chi connectivity index (χ0v) is 31.6. The van der Waals surface area contributed by atoms with Gasteiger partial charge in [-0.15, -0.1) is 0 Å². The first-order valence-corrected chi connectivity index (χ1v) is 20.4. The molecule has 2 aliphatic rings. The summed E-state index contributed by atoms with van der Waals surface area (Å²) in [4.78, 5) is 13.4. The number of aliphatic hydroxyl groups is 1. The van der Waals surface area contributed by atoms with Crippen molar-refractivity contribution in [2.24, 2.45) is 11.8 Å². The molecule has 280 valence electrons. The lowest BCUT2D eigenvalue weighted by Gasteiger charge is -2.32. The number of nitrogens with one attached hydrogen (secondary N) is 1. The van der Waals surface area contributed by atoms with Gasteiger partial charge in [-0.25, -0.2) is 13.2 Å². The summed E-state index contributed by atoms with van der Waals surface area (Å²) in [5.74, 6) is 0.214. The number of fused-ring (bicyclic) bond motifs is 1. The summed E-state index contributed by atoms with van der Waals surface area (Å²) in [6.07, 6.45) is -1.82. The predicted molar refractivity (Wildman–Crippen MR) is 188 cm³/mol. The molecular formula is C35H53N2O11PS. The summed E-state index contributed by atoms with van der Waals surface area (Å²) in [5, 5.41) is 14.6. The van der Waals surface area contributed by atoms with Crippen LogP contribution in [0.3, 0.4) is 0 Å². The lowest BCUT2D eigenvalue weighted by molar-refractivity contribution is -0.0907. The standard InChI is InChI=1S/C35H53N2O11PS/c1-7-46-49(40,47-8-2)23-26-9-11-27(12-10-26)25(5)19-31(36-35(39)48-33-22-45-34-30(33)17-18-44-34)32(38)21-37(20-24(3)4)50(41,42)29-15-13-28(43-6)14-16-29/h9-16,24-25,30-34,38H,7-8,17-23H2,1-6H3,(H,36,39)/t25?,30-,31-,32+,33-,34+/m0/s1. The van der Waals surface area contributed by atoms with E-state index < -0.39 is 48.3 Å². The van der Waals surface area contributed by atoms with Gasteiger partial charge >= 0.3 is 13.7 Å². The molecule has 50 heavy (non-hydrogen) atoms. The van der Waals surface area contributed by atoms with Gasteiger partial charge in [-0.05, 0) is 73.9 Å². The first-order chi connectivity index (χ1) is 23.8. The minimum atomic E-state index is -4.02. The van der Waals surface area contributed by atoms with Gasteiger partial charge < -0.3 is 38.4 Å². The van der Waals surface area contributed by atoms with Crippen LogP contribution in [0, 0.1) is 11.8 Å². The fourth-order valence-corrected chi connectivity index (χ4v) is 9.63. The van der Waals surface area contributed by atoms with E-state index in [4.69, 9.17) is 28.0 Å². The van der Waals surface area contributed by atoms with Gasteiger partial charge in [-0.3, -0.25) is 4.57 Å². The van der Waals surface area contributed by atoms with Crippen molar-refractivity contribution in [1.82, 2.24) is 9.62 Å². The Balaban J connectivity index is 1.54. The van der Waals surface area contributed by atoms with E-state index in [2.05, 4.69) is 5.32 Å². The zero-order valence-electron chi connectivity index (χ0n) is 29.9. The Labute approximate surface area is 296 Å². The second-order valence-corrected chi connectivity index (χ2v) is 17.2. The van der Waals surface area contributed by atoms with E-state index in [0.717, 1.165) is 11.1 Å². The summed E-state index contributed by atoms with van der Waals surface area (Å²) in [6, 6.07) is 12.7. The summed E-state index contributed by atoms with van der Waals surface area (Å²) < 4.78 is 75.0. The number of nitrogens with zero attached hydrogens (tertiary/aromatic N) is 1. The third-order valence-corrected chi connectivity index (χ3v) is 12.8. The number of carbonyl (C=O) groups is 1. The molecule has 0 aromatic heterocycles. The topological polar surface area (TPSA) is 159 Å². The van der Waals surface area contributed by atoms with E-state index in [9.17, 15) is 22.9 Å². The molecule has 2 heterocycles. The molecule has 0 spiro atoms. The highest BCUT2D eigenvalue weighted by Crippen LogP contribution is 2.51. The molecule has 2 aromatic rings. The van der Waals surface area contributed by atoms with Gasteiger partial charge in [0.05, 0.1) is 62.7 Å². The molecule has 15 heteroatoms. The van der Waals surface area contributed by atoms with Crippen LogP contribution in [0.4, 0.5) is 4.79 Å². The number of ether oxygens (including phenoxy) is 4. The number of carbonyl (C=O) groups excluding carboxylic acids is 1. The van der Waals surface area contributed by atoms with Crippen molar-refractivity contribution in [2.75, 3.05) is 46.6 Å². The Morgan fingerprint density at radius 1 is 1.02 bits per heavy atom. The Hall–Kier alpha value is -2.55. The van der Waals surface area contributed by atoms with Gasteiger partial charge in [0.15, 0.2) is 6.29 Å². The minimum absolute atomic E-state index is 0.0475. The quantitative estimate of drug-likeness (QED) is 0.175. The molecule has 2 aromatic carbocycles. The number of rotatable bonds is 19. The Morgan fingerprint density at radius 2 is 1.68 bits per heavy atom. The highest BCUT2D eigenvalue weighted by molar-refractivity contribution is 7.89. The Kier molecular flexibility index (Phi) is 14.7. The van der Waals surface area contributed by atoms with Gasteiger partial charge in [0.2, 0.25) is 10.0 Å². The van der Waals surface area contributed by atoms with Gasteiger partial charge in [0, 0.05) is 13.1 Å². The van der Waals surface area contributed by atoms with Gasteiger partial charge in [-0.2, -0.15) is 4.31 Å². The average Bonchev–Trinajstić information content (AvgIpc) is 3.69. The monoisotopic (exact) mass is 740 g/mol. The second kappa shape index (κ2) is 18.3. The van der Waals surface area contributed by atoms with Crippen LogP contribution >= 0.6 is 7.60 Å². The van der Waals surface area contributed by atoms with E-state index in [0.29, 0.717) is 18.8 Å². The molecule has 1 amide bonds. The minimum Gasteiger partial charge on any atom is -0.497 e. The van der Waals surface area contributed by atoms with Crippen molar-refractivity contribution in [1.29, 1.82) is 0 Å². The van der Waals surface area contributed by atoms with E-state index >= 15 is 0 Å². The van der Waals surface area contributed by atoms with Crippen molar-refractivity contribution < 1.29 is 50.9 Å². The zero-order chi connectivity index (χ0) is 36.5. The highest BCUT2D eigenvalue weighted by atomic mass is 32.2. The molecular weight excluding hydrogens is 687 g/mol. The van der Waals surface area contributed by atoms with Crippen LogP contribution in [0.2, 0.25) is 0 Å². The maximum absolute atomic E-state index is 13.8. The highest BCUT2D eigenvalue weighted by Gasteiger charge is 2.44. The van der Waals surface area contributed by atoms with E-state index in [1.54, 1.807) is 26.0 Å². The van der Waals surface area contributed by atoms with Crippen LogP contribution in [-0.4, -0.2) is 95.1 Å². The van der Waals surface area contributed by atoms with Crippen molar-refractivity contribution in [3.8, 4) is 5.75 Å². The first kappa shape index (κ1) is 40.2. The summed E-state index contributed by atoms with van der Waals surface area (Å²) in [5.41, 5.74) is 1.69. The molecule has 0 aliphatic carbocycles. The SMILES string of the molecule is CCOP(=O)(Cc1ccc(C(C)C[C@H](NC(=O)O[C@H]2CO[C@H]3OCC[C@H]32)[C@H](O)CN(CC(C)C)S(=O)(=O)c2ccc(OC)cc2)cc1)OCC. The first-order valence-electron chi connectivity index (χ1n) is 17.3. The third kappa shape index (κ3) is 10.7. The smallest absolute Gasteiger partial charge is 0.407 e. The van der Waals surface area contributed by atoms with Crippen molar-refractivity contribution in [3.05, 3.63) is 59.7 Å². The number of amides is 1. The number of hydrogen-bond acceptors (Lipinski definition) is 11. The van der Waals surface area contributed by atoms with Crippen molar-refractivity contribution in [2.45, 2.75) is 89.0 Å². The van der Waals surface area contributed by atoms with Crippen molar-refractivity contribution in [3.63, 3.8) is 0 Å². The fourth-order valence-electron chi connectivity index (χ4n) is 6.31. The molecule has 13 nitrogen and oxygen atoms in total. The summed E-state index contributed by atoms with van der Waals surface area (Å²) >= 11 is 0. The number of hydrogen-bond donors (Lipinski definition) is 2. The van der Waals surface area contributed by atoms with Crippen LogP contribution < -0.4 is 10.1 Å². The molecule has 4 rings (SSSR count). The molecule has 2 saturated heterocycles. The maximum Gasteiger partial charge on any atom is 0.407 e. The molecule has 2 N–H and O–H groups in total. The average molecular weight is 741 g/mol. The lowest BCUT2D eigenvalue weighted by atomic mass is 9.91. The van der Waals surface area contributed by atoms with E-state index in [1.165, 1.54) is 23.5 Å². The van der Waals surface area contributed by atoms with Gasteiger partial charge in [-0.1, -0.05) is 45.0 Å². The number of sulfonamides is 1. The Morgan fingerprint density at radius 3 is 2.28 bits per heavy atom. The normalized spacial score (nSPS) is 21.2. The van der Waals surface area contributed by atoms with Crippen molar-refractivity contribution >= 4 is 23.7 Å². The molecule has 6 atom stereocenters. The van der Waals surface area contributed by atoms with Crippen LogP contribution in [0.25, 0.3) is 0 Å². The van der Waals surface area contributed by atoms with Gasteiger partial charge in [0.1, 0.15) is 11.9 Å². The largest absolute Gasteiger partial charge is 0.497 e. The number of alkyl carbamates (subject to hydrolysis) is 1. The summed E-state index contributed by atoms with van der Waals surface area (Å²) in [7, 11) is -5.80. The second-order valence-electron chi connectivity index (χ2n) is 13.2. The number of aliphatic hydroxyl groups excluding tert-OH is 1. The van der Waals surface area contributed by atoms with E-state index in [-0.39, 0.29) is 68.1 Å². The maximum atomic E-state index is 13.8. The van der Waals surface area contributed by atoms with Crippen LogP contribution in [0.15, 0.2) is 53.4 Å². The predicted octanol–water partition coefficient (Wildman–Crippen LogP) is 5.52. The molecule has 0 bridgehead atoms. The molecule has 2 aliphatic heterocycles. The lowest BCUT2D eigenvalue weighted by Crippen LogP contribution is -2.51. The van der Waals surface area contributed by atoms with Crippen LogP contribution in [0.1, 0.15) is 64.5 Å². The number of benzene rings is 2.